The van der Waals surface area contributed by atoms with E-state index in [2.05, 4.69) is 30.2 Å². The Balaban J connectivity index is 2.73. The molecule has 78 valence electrons. The number of pyridine rings is 1. The number of aromatic nitrogens is 1. The van der Waals surface area contributed by atoms with Crippen LogP contribution >= 0.6 is 0 Å². The Morgan fingerprint density at radius 3 is 2.71 bits per heavy atom. The Kier molecular flexibility index (Phi) is 3.89. The molecule has 1 heterocycles. The SMILES string of the molecule is CC(CN)Nc1cc(C(C)C)ccn1. The summed E-state index contributed by atoms with van der Waals surface area (Å²) < 4.78 is 0. The number of nitrogens with two attached hydrogens (primary N) is 1. The zero-order chi connectivity index (χ0) is 10.6. The highest BCUT2D eigenvalue weighted by atomic mass is 15.0. The van der Waals surface area contributed by atoms with Gasteiger partial charge in [-0.2, -0.15) is 0 Å². The van der Waals surface area contributed by atoms with Crippen LogP contribution in [0.1, 0.15) is 32.3 Å². The summed E-state index contributed by atoms with van der Waals surface area (Å²) in [7, 11) is 0. The quantitative estimate of drug-likeness (QED) is 0.768. The number of hydrogen-bond acceptors (Lipinski definition) is 3. The second kappa shape index (κ2) is 4.96. The molecule has 1 aromatic rings. The van der Waals surface area contributed by atoms with E-state index in [9.17, 15) is 0 Å². The summed E-state index contributed by atoms with van der Waals surface area (Å²) in [6.07, 6.45) is 1.83. The highest BCUT2D eigenvalue weighted by Gasteiger charge is 2.03. The largest absolute Gasteiger partial charge is 0.366 e. The maximum absolute atomic E-state index is 5.53. The van der Waals surface area contributed by atoms with Gasteiger partial charge in [-0.25, -0.2) is 4.98 Å². The Bertz CT molecular complexity index is 284. The van der Waals surface area contributed by atoms with E-state index in [1.807, 2.05) is 19.2 Å². The van der Waals surface area contributed by atoms with Crippen molar-refractivity contribution in [3.05, 3.63) is 23.9 Å². The highest BCUT2D eigenvalue weighted by molar-refractivity contribution is 5.39. The van der Waals surface area contributed by atoms with Gasteiger partial charge in [0.05, 0.1) is 0 Å². The van der Waals surface area contributed by atoms with Gasteiger partial charge in [-0.15, -0.1) is 0 Å². The summed E-state index contributed by atoms with van der Waals surface area (Å²) >= 11 is 0. The molecule has 0 radical (unpaired) electrons. The maximum Gasteiger partial charge on any atom is 0.126 e. The minimum absolute atomic E-state index is 0.268. The van der Waals surface area contributed by atoms with Crippen molar-refractivity contribution in [2.24, 2.45) is 5.73 Å². The lowest BCUT2D eigenvalue weighted by atomic mass is 10.1. The van der Waals surface area contributed by atoms with Crippen LogP contribution in [-0.4, -0.2) is 17.6 Å². The summed E-state index contributed by atoms with van der Waals surface area (Å²) in [5, 5.41) is 3.25. The first kappa shape index (κ1) is 11.0. The molecule has 0 saturated carbocycles. The van der Waals surface area contributed by atoms with E-state index in [1.165, 1.54) is 5.56 Å². The van der Waals surface area contributed by atoms with Crippen LogP contribution in [0.15, 0.2) is 18.3 Å². The van der Waals surface area contributed by atoms with Gasteiger partial charge in [0.2, 0.25) is 0 Å². The van der Waals surface area contributed by atoms with Crippen molar-refractivity contribution in [1.82, 2.24) is 4.98 Å². The third-order valence-corrected chi connectivity index (χ3v) is 2.20. The molecule has 3 N–H and O–H groups in total. The molecule has 0 aliphatic rings. The molecule has 0 amide bonds. The van der Waals surface area contributed by atoms with Crippen LogP contribution in [0.25, 0.3) is 0 Å². The third-order valence-electron chi connectivity index (χ3n) is 2.20. The van der Waals surface area contributed by atoms with E-state index in [-0.39, 0.29) is 6.04 Å². The topological polar surface area (TPSA) is 50.9 Å². The van der Waals surface area contributed by atoms with Crippen molar-refractivity contribution in [1.29, 1.82) is 0 Å². The Morgan fingerprint density at radius 1 is 1.43 bits per heavy atom. The molecule has 0 aromatic carbocycles. The Morgan fingerprint density at radius 2 is 2.14 bits per heavy atom. The smallest absolute Gasteiger partial charge is 0.126 e. The van der Waals surface area contributed by atoms with E-state index in [4.69, 9.17) is 5.73 Å². The van der Waals surface area contributed by atoms with Crippen LogP contribution in [-0.2, 0) is 0 Å². The fourth-order valence-electron chi connectivity index (χ4n) is 1.20. The van der Waals surface area contributed by atoms with Gasteiger partial charge < -0.3 is 11.1 Å². The molecule has 1 aromatic heterocycles. The summed E-state index contributed by atoms with van der Waals surface area (Å²) in [6.45, 7) is 7.01. The van der Waals surface area contributed by atoms with E-state index in [0.29, 0.717) is 12.5 Å². The van der Waals surface area contributed by atoms with Gasteiger partial charge in [0.15, 0.2) is 0 Å². The molecular formula is C11H19N3. The maximum atomic E-state index is 5.53. The molecule has 14 heavy (non-hydrogen) atoms. The van der Waals surface area contributed by atoms with Gasteiger partial charge in [0.25, 0.3) is 0 Å². The zero-order valence-corrected chi connectivity index (χ0v) is 9.12. The van der Waals surface area contributed by atoms with E-state index >= 15 is 0 Å². The number of hydrogen-bond donors (Lipinski definition) is 2. The van der Waals surface area contributed by atoms with Gasteiger partial charge in [0, 0.05) is 18.8 Å². The first-order valence-corrected chi connectivity index (χ1v) is 5.06. The fourth-order valence-corrected chi connectivity index (χ4v) is 1.20. The number of nitrogens with one attached hydrogen (secondary N) is 1. The molecule has 3 nitrogen and oxygen atoms in total. The average molecular weight is 193 g/mol. The highest BCUT2D eigenvalue weighted by Crippen LogP contribution is 2.16. The van der Waals surface area contributed by atoms with E-state index in [0.717, 1.165) is 5.82 Å². The standard InChI is InChI=1S/C11H19N3/c1-8(2)10-4-5-13-11(6-10)14-9(3)7-12/h4-6,8-9H,7,12H2,1-3H3,(H,13,14). The third kappa shape index (κ3) is 3.00. The van der Waals surface area contributed by atoms with Crippen molar-refractivity contribution >= 4 is 5.82 Å². The predicted molar refractivity (Wildman–Crippen MR) is 60.5 cm³/mol. The second-order valence-corrected chi connectivity index (χ2v) is 3.91. The Labute approximate surface area is 85.7 Å². The van der Waals surface area contributed by atoms with Crippen LogP contribution in [0.4, 0.5) is 5.82 Å². The van der Waals surface area contributed by atoms with Crippen LogP contribution in [0.5, 0.6) is 0 Å². The summed E-state index contributed by atoms with van der Waals surface area (Å²) in [6, 6.07) is 4.39. The van der Waals surface area contributed by atoms with Crippen molar-refractivity contribution in [2.75, 3.05) is 11.9 Å². The first-order valence-electron chi connectivity index (χ1n) is 5.06. The lowest BCUT2D eigenvalue weighted by molar-refractivity contribution is 0.795. The summed E-state index contributed by atoms with van der Waals surface area (Å²) in [5.74, 6) is 1.45. The molecule has 0 bridgehead atoms. The minimum Gasteiger partial charge on any atom is -0.366 e. The van der Waals surface area contributed by atoms with Crippen LogP contribution in [0.2, 0.25) is 0 Å². The van der Waals surface area contributed by atoms with Gasteiger partial charge in [0.1, 0.15) is 5.82 Å². The number of rotatable bonds is 4. The first-order chi connectivity index (χ1) is 6.63. The molecule has 1 rings (SSSR count). The van der Waals surface area contributed by atoms with Gasteiger partial charge >= 0.3 is 0 Å². The van der Waals surface area contributed by atoms with E-state index < -0.39 is 0 Å². The van der Waals surface area contributed by atoms with Gasteiger partial charge in [-0.1, -0.05) is 13.8 Å². The van der Waals surface area contributed by atoms with Crippen LogP contribution in [0.3, 0.4) is 0 Å². The zero-order valence-electron chi connectivity index (χ0n) is 9.12. The van der Waals surface area contributed by atoms with Gasteiger partial charge in [-0.05, 0) is 30.5 Å². The molecule has 0 fully saturated rings. The van der Waals surface area contributed by atoms with Gasteiger partial charge in [-0.3, -0.25) is 0 Å². The lowest BCUT2D eigenvalue weighted by Gasteiger charge is -2.13. The summed E-state index contributed by atoms with van der Waals surface area (Å²) in [5.41, 5.74) is 6.83. The molecule has 0 spiro atoms. The molecule has 1 unspecified atom stereocenters. The van der Waals surface area contributed by atoms with Crippen molar-refractivity contribution in [2.45, 2.75) is 32.7 Å². The van der Waals surface area contributed by atoms with E-state index in [1.54, 1.807) is 0 Å². The molecule has 0 aliphatic carbocycles. The van der Waals surface area contributed by atoms with Crippen molar-refractivity contribution in [3.63, 3.8) is 0 Å². The van der Waals surface area contributed by atoms with Crippen LogP contribution in [0, 0.1) is 0 Å². The lowest BCUT2D eigenvalue weighted by Crippen LogP contribution is -2.25. The molecule has 1 atom stereocenters. The summed E-state index contributed by atoms with van der Waals surface area (Å²) in [4.78, 5) is 4.24. The molecule has 0 saturated heterocycles. The monoisotopic (exact) mass is 193 g/mol. The number of nitrogens with zero attached hydrogens (tertiary/aromatic N) is 1. The molecule has 3 heteroatoms. The van der Waals surface area contributed by atoms with Crippen molar-refractivity contribution < 1.29 is 0 Å². The predicted octanol–water partition coefficient (Wildman–Crippen LogP) is 1.96. The van der Waals surface area contributed by atoms with Crippen LogP contribution < -0.4 is 11.1 Å². The van der Waals surface area contributed by atoms with Crippen molar-refractivity contribution in [3.8, 4) is 0 Å². The average Bonchev–Trinajstić information content (AvgIpc) is 2.18. The minimum atomic E-state index is 0.268. The molecular weight excluding hydrogens is 174 g/mol. The second-order valence-electron chi connectivity index (χ2n) is 3.91. The fraction of sp³-hybridized carbons (Fsp3) is 0.545. The molecule has 0 aliphatic heterocycles. The normalized spacial score (nSPS) is 12.9. The number of anilines is 1. The Hall–Kier alpha value is -1.09.